The Balaban J connectivity index is 1.68. The number of nitrogens with zero attached hydrogens (tertiary/aromatic N) is 3. The summed E-state index contributed by atoms with van der Waals surface area (Å²) < 4.78 is 6.60. The maximum atomic E-state index is 13.3. The van der Waals surface area contributed by atoms with Crippen molar-refractivity contribution in [3.05, 3.63) is 63.0 Å². The molecule has 1 unspecified atom stereocenters. The van der Waals surface area contributed by atoms with Crippen LogP contribution >= 0.6 is 22.7 Å². The van der Waals surface area contributed by atoms with Crippen LogP contribution in [0.15, 0.2) is 47.0 Å². The minimum absolute atomic E-state index is 0.327. The molecule has 4 rings (SSSR count). The van der Waals surface area contributed by atoms with E-state index in [1.54, 1.807) is 42.8 Å². The lowest BCUT2D eigenvalue weighted by Crippen LogP contribution is -2.33. The molecule has 4 aromatic rings. The molecule has 0 radical (unpaired) electrons. The molecule has 0 bridgehead atoms. The van der Waals surface area contributed by atoms with Gasteiger partial charge in [-0.3, -0.25) is 19.0 Å². The number of rotatable bonds is 7. The number of carbonyl (C=O) groups is 2. The van der Waals surface area contributed by atoms with Gasteiger partial charge in [-0.2, -0.15) is 0 Å². The zero-order valence-corrected chi connectivity index (χ0v) is 19.8. The van der Waals surface area contributed by atoms with Crippen LogP contribution < -0.4 is 20.9 Å². The van der Waals surface area contributed by atoms with Gasteiger partial charge >= 0.3 is 0 Å². The maximum Gasteiger partial charge on any atom is 0.266 e. The van der Waals surface area contributed by atoms with Crippen LogP contribution in [-0.2, 0) is 4.79 Å². The minimum atomic E-state index is -0.761. The van der Waals surface area contributed by atoms with E-state index in [2.05, 4.69) is 20.6 Å². The van der Waals surface area contributed by atoms with Gasteiger partial charge in [-0.25, -0.2) is 9.97 Å². The fourth-order valence-electron chi connectivity index (χ4n) is 3.49. The molecular weight excluding hydrogens is 462 g/mol. The third-order valence-corrected chi connectivity index (χ3v) is 7.01. The molecule has 2 amide bonds. The van der Waals surface area contributed by atoms with Crippen LogP contribution in [0.25, 0.3) is 10.2 Å². The van der Waals surface area contributed by atoms with Gasteiger partial charge in [0.05, 0.1) is 29.4 Å². The number of anilines is 2. The molecule has 0 aliphatic rings. The van der Waals surface area contributed by atoms with E-state index in [4.69, 9.17) is 4.74 Å². The Hall–Kier alpha value is -3.57. The predicted molar refractivity (Wildman–Crippen MR) is 130 cm³/mol. The van der Waals surface area contributed by atoms with Crippen molar-refractivity contribution in [2.45, 2.75) is 26.3 Å². The number of aryl methyl sites for hydroxylation is 1. The molecule has 2 N–H and O–H groups in total. The van der Waals surface area contributed by atoms with E-state index in [1.165, 1.54) is 29.3 Å². The summed E-state index contributed by atoms with van der Waals surface area (Å²) in [6.45, 7) is 3.52. The fraction of sp³-hybridized carbons (Fsp3) is 0.227. The third-order valence-electron chi connectivity index (χ3n) is 5.12. The number of benzene rings is 1. The second kappa shape index (κ2) is 9.51. The molecule has 33 heavy (non-hydrogen) atoms. The van der Waals surface area contributed by atoms with Gasteiger partial charge in [0.1, 0.15) is 16.6 Å². The Morgan fingerprint density at radius 1 is 1.21 bits per heavy atom. The number of ether oxygens (including phenoxy) is 1. The van der Waals surface area contributed by atoms with Gasteiger partial charge in [-0.05, 0) is 31.0 Å². The number of aromatic nitrogens is 3. The van der Waals surface area contributed by atoms with Gasteiger partial charge in [0.15, 0.2) is 5.13 Å². The Bertz CT molecular complexity index is 1380. The average molecular weight is 484 g/mol. The minimum Gasteiger partial charge on any atom is -0.495 e. The largest absolute Gasteiger partial charge is 0.495 e. The number of amides is 2. The Morgan fingerprint density at radius 3 is 2.70 bits per heavy atom. The maximum absolute atomic E-state index is 13.3. The van der Waals surface area contributed by atoms with E-state index >= 15 is 0 Å². The van der Waals surface area contributed by atoms with Crippen LogP contribution in [-0.4, -0.2) is 33.5 Å². The van der Waals surface area contributed by atoms with Gasteiger partial charge < -0.3 is 15.4 Å². The van der Waals surface area contributed by atoms with E-state index in [1.807, 2.05) is 6.92 Å². The molecule has 3 aromatic heterocycles. The Morgan fingerprint density at radius 2 is 2.00 bits per heavy atom. The summed E-state index contributed by atoms with van der Waals surface area (Å²) in [5, 5.41) is 8.10. The zero-order valence-electron chi connectivity index (χ0n) is 18.1. The van der Waals surface area contributed by atoms with Crippen molar-refractivity contribution in [2.75, 3.05) is 17.7 Å². The highest BCUT2D eigenvalue weighted by Crippen LogP contribution is 2.30. The van der Waals surface area contributed by atoms with E-state index < -0.39 is 6.04 Å². The molecular formula is C22H21N5O4S2. The van der Waals surface area contributed by atoms with Crippen molar-refractivity contribution in [1.29, 1.82) is 0 Å². The number of thiazole rings is 1. The number of carbonyl (C=O) groups excluding carboxylic acids is 2. The number of methoxy groups -OCH3 is 1. The van der Waals surface area contributed by atoms with Gasteiger partial charge in [0, 0.05) is 11.6 Å². The summed E-state index contributed by atoms with van der Waals surface area (Å²) in [7, 11) is 1.52. The van der Waals surface area contributed by atoms with Crippen molar-refractivity contribution >= 4 is 55.5 Å². The summed E-state index contributed by atoms with van der Waals surface area (Å²) >= 11 is 2.43. The molecule has 0 saturated carbocycles. The topological polar surface area (TPSA) is 115 Å². The summed E-state index contributed by atoms with van der Waals surface area (Å²) in [4.78, 5) is 48.4. The molecule has 0 aliphatic heterocycles. The summed E-state index contributed by atoms with van der Waals surface area (Å²) in [5.41, 5.74) is 0.674. The number of fused-ring (bicyclic) bond motifs is 1. The smallest absolute Gasteiger partial charge is 0.266 e. The molecule has 170 valence electrons. The highest BCUT2D eigenvalue weighted by atomic mass is 32.1. The van der Waals surface area contributed by atoms with E-state index in [-0.39, 0.29) is 17.4 Å². The van der Waals surface area contributed by atoms with Crippen molar-refractivity contribution in [3.63, 3.8) is 0 Å². The second-order valence-corrected chi connectivity index (χ2v) is 8.99. The van der Waals surface area contributed by atoms with Crippen molar-refractivity contribution in [1.82, 2.24) is 14.5 Å². The molecule has 9 nitrogen and oxygen atoms in total. The van der Waals surface area contributed by atoms with Gasteiger partial charge in [-0.1, -0.05) is 19.1 Å². The summed E-state index contributed by atoms with van der Waals surface area (Å²) in [5.74, 6) is -0.181. The van der Waals surface area contributed by atoms with Crippen LogP contribution in [0.2, 0.25) is 0 Å². The first-order chi connectivity index (χ1) is 15.9. The first-order valence-corrected chi connectivity index (χ1v) is 11.8. The molecule has 3 heterocycles. The molecule has 1 atom stereocenters. The van der Waals surface area contributed by atoms with Gasteiger partial charge in [-0.15, -0.1) is 22.7 Å². The van der Waals surface area contributed by atoms with Crippen molar-refractivity contribution < 1.29 is 14.3 Å². The van der Waals surface area contributed by atoms with Gasteiger partial charge in [0.2, 0.25) is 5.91 Å². The molecule has 0 fully saturated rings. The summed E-state index contributed by atoms with van der Waals surface area (Å²) in [6.07, 6.45) is 3.33. The number of nitrogens with one attached hydrogen (secondary N) is 2. The third kappa shape index (κ3) is 4.37. The first-order valence-electron chi connectivity index (χ1n) is 10.1. The monoisotopic (exact) mass is 483 g/mol. The Kier molecular flexibility index (Phi) is 6.52. The van der Waals surface area contributed by atoms with E-state index in [9.17, 15) is 14.4 Å². The van der Waals surface area contributed by atoms with Crippen molar-refractivity contribution in [2.24, 2.45) is 0 Å². The lowest BCUT2D eigenvalue weighted by Gasteiger charge is -2.16. The van der Waals surface area contributed by atoms with Crippen LogP contribution in [0.1, 0.15) is 34.6 Å². The van der Waals surface area contributed by atoms with E-state index in [0.29, 0.717) is 43.6 Å². The summed E-state index contributed by atoms with van der Waals surface area (Å²) in [6, 6.07) is 6.31. The second-order valence-electron chi connectivity index (χ2n) is 7.10. The number of thiophene rings is 1. The molecule has 0 spiro atoms. The lowest BCUT2D eigenvalue weighted by molar-refractivity contribution is -0.119. The SMILES string of the molecule is CCC(C(=O)Nc1nccs1)n1cnc2sc(C(=O)Nc3ccccc3OC)c(C)c2c1=O. The fourth-order valence-corrected chi connectivity index (χ4v) is 5.05. The van der Waals surface area contributed by atoms with Crippen LogP contribution in [0, 0.1) is 6.92 Å². The predicted octanol–water partition coefficient (Wildman–Crippen LogP) is 4.07. The van der Waals surface area contributed by atoms with Crippen molar-refractivity contribution in [3.8, 4) is 5.75 Å². The molecule has 0 aliphatic carbocycles. The molecule has 11 heteroatoms. The number of hydrogen-bond acceptors (Lipinski definition) is 8. The normalized spacial score (nSPS) is 11.8. The van der Waals surface area contributed by atoms with Crippen LogP contribution in [0.4, 0.5) is 10.8 Å². The lowest BCUT2D eigenvalue weighted by atomic mass is 10.1. The van der Waals surface area contributed by atoms with Gasteiger partial charge in [0.25, 0.3) is 11.5 Å². The van der Waals surface area contributed by atoms with Crippen LogP contribution in [0.3, 0.4) is 0 Å². The first kappa shape index (κ1) is 22.6. The highest BCUT2D eigenvalue weighted by Gasteiger charge is 2.25. The van der Waals surface area contributed by atoms with E-state index in [0.717, 1.165) is 11.3 Å². The average Bonchev–Trinajstić information content (AvgIpc) is 3.44. The van der Waals surface area contributed by atoms with Crippen LogP contribution in [0.5, 0.6) is 5.75 Å². The zero-order chi connectivity index (χ0) is 23.5. The number of para-hydroxylation sites is 2. The Labute approximate surface area is 197 Å². The molecule has 0 saturated heterocycles. The highest BCUT2D eigenvalue weighted by molar-refractivity contribution is 7.20. The number of hydrogen-bond donors (Lipinski definition) is 2. The molecule has 1 aromatic carbocycles. The standard InChI is InChI=1S/C22H21N5O4S2/c1-4-14(18(28)26-22-23-9-10-32-22)27-11-24-20-16(21(27)30)12(2)17(33-20)19(29)25-13-7-5-6-8-15(13)31-3/h5-11,14H,4H2,1-3H3,(H,25,29)(H,23,26,28). The quantitative estimate of drug-likeness (QED) is 0.409.